The molecule has 0 saturated heterocycles. The number of hydrogen-bond donors (Lipinski definition) is 2. The number of nitrogens with one attached hydrogen (secondary N) is 1. The molecule has 1 aliphatic heterocycles. The van der Waals surface area contributed by atoms with Crippen molar-refractivity contribution >= 4 is 17.8 Å². The molecule has 0 aliphatic carbocycles. The van der Waals surface area contributed by atoms with Gasteiger partial charge in [0.2, 0.25) is 11.9 Å². The van der Waals surface area contributed by atoms with E-state index >= 15 is 0 Å². The largest absolute Gasteiger partial charge is 0.490 e. The molecule has 1 atom stereocenters. The van der Waals surface area contributed by atoms with Gasteiger partial charge >= 0.3 is 0 Å². The number of carbonyl (C=O) groups is 1. The van der Waals surface area contributed by atoms with Crippen molar-refractivity contribution < 1.29 is 9.53 Å². The Kier molecular flexibility index (Phi) is 4.20. The van der Waals surface area contributed by atoms with Crippen LogP contribution < -0.4 is 20.7 Å². The highest BCUT2D eigenvalue weighted by Gasteiger charge is 2.20. The van der Waals surface area contributed by atoms with Crippen LogP contribution >= 0.6 is 0 Å². The van der Waals surface area contributed by atoms with Gasteiger partial charge in [0.25, 0.3) is 5.91 Å². The third-order valence-electron chi connectivity index (χ3n) is 3.65. The van der Waals surface area contributed by atoms with E-state index in [1.807, 2.05) is 33.2 Å². The van der Waals surface area contributed by atoms with E-state index in [9.17, 15) is 4.79 Å². The Balaban J connectivity index is 1.69. The molecule has 24 heavy (non-hydrogen) atoms. The number of benzene rings is 1. The molecular weight excluding hydrogens is 308 g/mol. The Labute approximate surface area is 140 Å². The first-order chi connectivity index (χ1) is 11.4. The highest BCUT2D eigenvalue weighted by atomic mass is 16.5. The predicted octanol–water partition coefficient (Wildman–Crippen LogP) is 0.773. The molecule has 8 heteroatoms. The Morgan fingerprint density at radius 3 is 2.92 bits per heavy atom. The van der Waals surface area contributed by atoms with Gasteiger partial charge in [-0.15, -0.1) is 0 Å². The second-order valence-corrected chi connectivity index (χ2v) is 5.94. The molecule has 8 nitrogen and oxygen atoms in total. The lowest BCUT2D eigenvalue weighted by Gasteiger charge is -2.12. The molecule has 1 amide bonds. The first kappa shape index (κ1) is 16.0. The summed E-state index contributed by atoms with van der Waals surface area (Å²) >= 11 is 0. The Bertz CT molecular complexity index is 777. The highest BCUT2D eigenvalue weighted by Crippen LogP contribution is 2.29. The smallest absolute Gasteiger partial charge is 0.251 e. The number of hydrogen-bond acceptors (Lipinski definition) is 7. The second kappa shape index (κ2) is 6.31. The summed E-state index contributed by atoms with van der Waals surface area (Å²) in [6.07, 6.45) is 0.961. The van der Waals surface area contributed by atoms with Crippen LogP contribution in [0.4, 0.5) is 11.9 Å². The number of ether oxygens (including phenoxy) is 1. The van der Waals surface area contributed by atoms with Crippen LogP contribution in [-0.4, -0.2) is 41.1 Å². The number of anilines is 2. The van der Waals surface area contributed by atoms with Gasteiger partial charge in [0.05, 0.1) is 6.54 Å². The van der Waals surface area contributed by atoms with E-state index in [4.69, 9.17) is 10.5 Å². The number of nitrogens with two attached hydrogens (primary N) is 1. The average Bonchev–Trinajstić information content (AvgIpc) is 2.91. The summed E-state index contributed by atoms with van der Waals surface area (Å²) in [7, 11) is 3.62. The van der Waals surface area contributed by atoms with Gasteiger partial charge in [-0.2, -0.15) is 15.0 Å². The van der Waals surface area contributed by atoms with Gasteiger partial charge in [-0.25, -0.2) is 0 Å². The van der Waals surface area contributed by atoms with E-state index in [1.54, 1.807) is 11.0 Å². The van der Waals surface area contributed by atoms with Crippen LogP contribution in [0.3, 0.4) is 0 Å². The molecule has 2 aromatic rings. The molecule has 0 spiro atoms. The molecular formula is C16H20N6O2. The fourth-order valence-corrected chi connectivity index (χ4v) is 2.53. The van der Waals surface area contributed by atoms with Crippen LogP contribution in [0, 0.1) is 0 Å². The van der Waals surface area contributed by atoms with E-state index in [0.717, 1.165) is 17.7 Å². The van der Waals surface area contributed by atoms with E-state index in [-0.39, 0.29) is 24.5 Å². The summed E-state index contributed by atoms with van der Waals surface area (Å²) in [5.41, 5.74) is 7.31. The molecule has 1 aromatic carbocycles. The van der Waals surface area contributed by atoms with Crippen molar-refractivity contribution in [1.29, 1.82) is 0 Å². The van der Waals surface area contributed by atoms with Crippen molar-refractivity contribution in [2.45, 2.75) is 26.0 Å². The van der Waals surface area contributed by atoms with Crippen molar-refractivity contribution in [2.24, 2.45) is 0 Å². The topological polar surface area (TPSA) is 106 Å². The van der Waals surface area contributed by atoms with E-state index in [1.165, 1.54) is 0 Å². The highest BCUT2D eigenvalue weighted by molar-refractivity contribution is 5.94. The van der Waals surface area contributed by atoms with Gasteiger partial charge in [0, 0.05) is 26.1 Å². The van der Waals surface area contributed by atoms with Crippen molar-refractivity contribution in [1.82, 2.24) is 20.3 Å². The number of nitrogen functional groups attached to an aromatic ring is 1. The van der Waals surface area contributed by atoms with Gasteiger partial charge in [0.15, 0.2) is 5.82 Å². The fourth-order valence-electron chi connectivity index (χ4n) is 2.53. The lowest BCUT2D eigenvalue weighted by atomic mass is 10.1. The average molecular weight is 328 g/mol. The van der Waals surface area contributed by atoms with Gasteiger partial charge in [0.1, 0.15) is 11.9 Å². The normalized spacial score (nSPS) is 15.5. The summed E-state index contributed by atoms with van der Waals surface area (Å²) in [4.78, 5) is 26.4. The third kappa shape index (κ3) is 3.37. The Hall–Kier alpha value is -2.90. The van der Waals surface area contributed by atoms with Crippen LogP contribution in [0.25, 0.3) is 0 Å². The minimum atomic E-state index is -0.192. The molecule has 0 bridgehead atoms. The van der Waals surface area contributed by atoms with Gasteiger partial charge in [-0.3, -0.25) is 4.79 Å². The first-order valence-electron chi connectivity index (χ1n) is 7.68. The summed E-state index contributed by atoms with van der Waals surface area (Å²) in [5.74, 6) is 1.65. The molecule has 1 aromatic heterocycles. The van der Waals surface area contributed by atoms with E-state index < -0.39 is 0 Å². The van der Waals surface area contributed by atoms with Crippen molar-refractivity contribution in [3.63, 3.8) is 0 Å². The minimum Gasteiger partial charge on any atom is -0.490 e. The maximum absolute atomic E-state index is 12.3. The molecule has 0 radical (unpaired) electrons. The zero-order valence-corrected chi connectivity index (χ0v) is 13.9. The number of carbonyl (C=O) groups excluding carboxylic acids is 1. The number of nitrogens with zero attached hydrogens (tertiary/aromatic N) is 4. The van der Waals surface area contributed by atoms with Gasteiger partial charge in [-0.1, -0.05) is 0 Å². The van der Waals surface area contributed by atoms with Crippen LogP contribution in [0.1, 0.15) is 28.7 Å². The number of fused-ring (bicyclic) bond motifs is 1. The van der Waals surface area contributed by atoms with Crippen molar-refractivity contribution in [2.75, 3.05) is 24.7 Å². The maximum Gasteiger partial charge on any atom is 0.251 e. The van der Waals surface area contributed by atoms with Crippen LogP contribution in [0.5, 0.6) is 5.75 Å². The number of aromatic nitrogens is 3. The van der Waals surface area contributed by atoms with Crippen molar-refractivity contribution in [3.8, 4) is 5.75 Å². The van der Waals surface area contributed by atoms with Crippen molar-refractivity contribution in [3.05, 3.63) is 35.2 Å². The molecule has 2 heterocycles. The molecule has 0 saturated carbocycles. The fraction of sp³-hybridized carbons (Fsp3) is 0.375. The lowest BCUT2D eigenvalue weighted by molar-refractivity contribution is 0.0949. The quantitative estimate of drug-likeness (QED) is 0.854. The Morgan fingerprint density at radius 1 is 1.38 bits per heavy atom. The number of rotatable bonds is 4. The predicted molar refractivity (Wildman–Crippen MR) is 90.0 cm³/mol. The molecule has 1 aliphatic rings. The van der Waals surface area contributed by atoms with E-state index in [0.29, 0.717) is 17.3 Å². The molecule has 3 N–H and O–H groups in total. The van der Waals surface area contributed by atoms with Crippen LogP contribution in [0.15, 0.2) is 18.2 Å². The molecule has 126 valence electrons. The second-order valence-electron chi connectivity index (χ2n) is 5.94. The Morgan fingerprint density at radius 2 is 2.17 bits per heavy atom. The maximum atomic E-state index is 12.3. The summed E-state index contributed by atoms with van der Waals surface area (Å²) in [6.45, 7) is 2.18. The third-order valence-corrected chi connectivity index (χ3v) is 3.65. The SMILES string of the molecule is CC1Cc2cc(C(=O)NCc3nc(N)nc(N(C)C)n3)ccc2O1. The van der Waals surface area contributed by atoms with Gasteiger partial charge < -0.3 is 20.7 Å². The van der Waals surface area contributed by atoms with Crippen LogP contribution in [0.2, 0.25) is 0 Å². The summed E-state index contributed by atoms with van der Waals surface area (Å²) in [5, 5.41) is 2.80. The molecule has 3 rings (SSSR count). The number of amides is 1. The lowest BCUT2D eigenvalue weighted by Crippen LogP contribution is -2.25. The molecule has 0 fully saturated rings. The zero-order valence-electron chi connectivity index (χ0n) is 13.9. The zero-order chi connectivity index (χ0) is 17.3. The van der Waals surface area contributed by atoms with E-state index in [2.05, 4.69) is 20.3 Å². The molecule has 1 unspecified atom stereocenters. The summed E-state index contributed by atoms with van der Waals surface area (Å²) in [6, 6.07) is 5.44. The minimum absolute atomic E-state index is 0.126. The monoisotopic (exact) mass is 328 g/mol. The summed E-state index contributed by atoms with van der Waals surface area (Å²) < 4.78 is 5.64. The van der Waals surface area contributed by atoms with Crippen LogP contribution in [-0.2, 0) is 13.0 Å². The first-order valence-corrected chi connectivity index (χ1v) is 7.68. The van der Waals surface area contributed by atoms with Gasteiger partial charge in [-0.05, 0) is 30.7 Å². The standard InChI is InChI=1S/C16H20N6O2/c1-9-6-11-7-10(4-5-12(11)24-9)14(23)18-8-13-19-15(17)21-16(20-13)22(2)3/h4-5,7,9H,6,8H2,1-3H3,(H,18,23)(H2,17,19,20,21).